The summed E-state index contributed by atoms with van der Waals surface area (Å²) < 4.78 is 7.01. The van der Waals surface area contributed by atoms with E-state index < -0.39 is 4.92 Å². The van der Waals surface area contributed by atoms with Crippen LogP contribution in [-0.2, 0) is 5.75 Å². The molecular weight excluding hydrogens is 342 g/mol. The maximum Gasteiger partial charge on any atom is 0.269 e. The fraction of sp³-hybridized carbons (Fsp3) is 0.188. The van der Waals surface area contributed by atoms with Gasteiger partial charge in [-0.25, -0.2) is 0 Å². The number of ether oxygens (including phenoxy) is 1. The van der Waals surface area contributed by atoms with Crippen molar-refractivity contribution >= 4 is 17.4 Å². The maximum absolute atomic E-state index is 10.7. The van der Waals surface area contributed by atoms with E-state index in [2.05, 4.69) is 15.5 Å². The van der Waals surface area contributed by atoms with E-state index in [1.165, 1.54) is 23.9 Å². The molecule has 0 bridgehead atoms. The summed E-state index contributed by atoms with van der Waals surface area (Å²) in [5, 5.41) is 23.2. The van der Waals surface area contributed by atoms with Gasteiger partial charge in [0, 0.05) is 17.9 Å². The second-order valence-electron chi connectivity index (χ2n) is 5.26. The SMILES string of the molecule is COc1ccc(C)cc1-n1nnnc1SCc1ccc([N+](=O)[O-])cc1. The number of benzene rings is 2. The molecule has 0 atom stereocenters. The highest BCUT2D eigenvalue weighted by molar-refractivity contribution is 7.98. The van der Waals surface area contributed by atoms with Crippen LogP contribution in [0.5, 0.6) is 5.75 Å². The number of methoxy groups -OCH3 is 1. The molecule has 0 saturated carbocycles. The summed E-state index contributed by atoms with van der Waals surface area (Å²) >= 11 is 1.44. The van der Waals surface area contributed by atoms with E-state index in [0.29, 0.717) is 16.7 Å². The van der Waals surface area contributed by atoms with Crippen LogP contribution in [0.2, 0.25) is 0 Å². The second kappa shape index (κ2) is 7.31. The van der Waals surface area contributed by atoms with E-state index in [1.54, 1.807) is 23.9 Å². The van der Waals surface area contributed by atoms with E-state index in [-0.39, 0.29) is 5.69 Å². The minimum Gasteiger partial charge on any atom is -0.494 e. The molecule has 0 radical (unpaired) electrons. The molecule has 9 heteroatoms. The number of aryl methyl sites for hydroxylation is 1. The van der Waals surface area contributed by atoms with E-state index >= 15 is 0 Å². The normalized spacial score (nSPS) is 10.6. The van der Waals surface area contributed by atoms with Crippen molar-refractivity contribution in [3.8, 4) is 11.4 Å². The number of hydrogen-bond acceptors (Lipinski definition) is 7. The molecule has 0 spiro atoms. The van der Waals surface area contributed by atoms with Gasteiger partial charge in [-0.3, -0.25) is 10.1 Å². The predicted molar refractivity (Wildman–Crippen MR) is 93.1 cm³/mol. The first kappa shape index (κ1) is 16.9. The molecule has 8 nitrogen and oxygen atoms in total. The minimum absolute atomic E-state index is 0.0723. The molecule has 128 valence electrons. The van der Waals surface area contributed by atoms with Crippen LogP contribution in [0.1, 0.15) is 11.1 Å². The van der Waals surface area contributed by atoms with Gasteiger partial charge in [-0.2, -0.15) is 4.68 Å². The van der Waals surface area contributed by atoms with E-state index in [4.69, 9.17) is 4.74 Å². The molecule has 0 aliphatic heterocycles. The summed E-state index contributed by atoms with van der Waals surface area (Å²) in [6, 6.07) is 12.2. The van der Waals surface area contributed by atoms with Crippen molar-refractivity contribution in [3.05, 3.63) is 63.7 Å². The summed E-state index contributed by atoms with van der Waals surface area (Å²) in [6.45, 7) is 1.98. The van der Waals surface area contributed by atoms with Crippen LogP contribution in [0.25, 0.3) is 5.69 Å². The number of nitro groups is 1. The van der Waals surface area contributed by atoms with Crippen LogP contribution >= 0.6 is 11.8 Å². The Balaban J connectivity index is 1.81. The zero-order chi connectivity index (χ0) is 17.8. The molecule has 0 amide bonds. The van der Waals surface area contributed by atoms with Crippen molar-refractivity contribution in [3.63, 3.8) is 0 Å². The molecule has 3 aromatic rings. The van der Waals surface area contributed by atoms with Gasteiger partial charge in [-0.05, 0) is 40.6 Å². The number of hydrogen-bond donors (Lipinski definition) is 0. The van der Waals surface area contributed by atoms with Gasteiger partial charge in [-0.1, -0.05) is 30.0 Å². The Labute approximate surface area is 148 Å². The standard InChI is InChI=1S/C16H15N5O3S/c1-11-3-8-15(24-2)14(9-11)20-16(17-18-19-20)25-10-12-4-6-13(7-5-12)21(22)23/h3-9H,10H2,1-2H3. The third-order valence-electron chi connectivity index (χ3n) is 3.52. The molecule has 0 aliphatic carbocycles. The van der Waals surface area contributed by atoms with E-state index in [0.717, 1.165) is 16.8 Å². The molecule has 0 unspecified atom stereocenters. The highest BCUT2D eigenvalue weighted by Crippen LogP contribution is 2.28. The van der Waals surface area contributed by atoms with Gasteiger partial charge in [0.05, 0.1) is 12.0 Å². The first-order valence-corrected chi connectivity index (χ1v) is 8.36. The molecule has 0 fully saturated rings. The van der Waals surface area contributed by atoms with Crippen molar-refractivity contribution < 1.29 is 9.66 Å². The van der Waals surface area contributed by atoms with Crippen molar-refractivity contribution in [1.29, 1.82) is 0 Å². The van der Waals surface area contributed by atoms with Crippen LogP contribution in [0, 0.1) is 17.0 Å². The highest BCUT2D eigenvalue weighted by atomic mass is 32.2. The molecule has 1 aromatic heterocycles. The van der Waals surface area contributed by atoms with Crippen LogP contribution < -0.4 is 4.74 Å². The van der Waals surface area contributed by atoms with Crippen LogP contribution in [0.4, 0.5) is 5.69 Å². The largest absolute Gasteiger partial charge is 0.494 e. The maximum atomic E-state index is 10.7. The van der Waals surface area contributed by atoms with Crippen molar-refractivity contribution in [2.45, 2.75) is 17.8 Å². The van der Waals surface area contributed by atoms with Gasteiger partial charge >= 0.3 is 0 Å². The van der Waals surface area contributed by atoms with Crippen LogP contribution in [-0.4, -0.2) is 32.2 Å². The third-order valence-corrected chi connectivity index (χ3v) is 4.51. The van der Waals surface area contributed by atoms with Gasteiger partial charge < -0.3 is 4.74 Å². The predicted octanol–water partition coefficient (Wildman–Crippen LogP) is 3.18. The Hall–Kier alpha value is -2.94. The first-order valence-electron chi connectivity index (χ1n) is 7.38. The first-order chi connectivity index (χ1) is 12.1. The van der Waals surface area contributed by atoms with E-state index in [1.807, 2.05) is 25.1 Å². The highest BCUT2D eigenvalue weighted by Gasteiger charge is 2.14. The lowest BCUT2D eigenvalue weighted by molar-refractivity contribution is -0.384. The Bertz CT molecular complexity index is 895. The van der Waals surface area contributed by atoms with Crippen molar-refractivity contribution in [2.75, 3.05) is 7.11 Å². The minimum atomic E-state index is -0.415. The van der Waals surface area contributed by atoms with Gasteiger partial charge in [0.1, 0.15) is 11.4 Å². The summed E-state index contributed by atoms with van der Waals surface area (Å²) in [6.07, 6.45) is 0. The molecule has 2 aromatic carbocycles. The second-order valence-corrected chi connectivity index (χ2v) is 6.20. The lowest BCUT2D eigenvalue weighted by atomic mass is 10.2. The zero-order valence-electron chi connectivity index (χ0n) is 13.6. The van der Waals surface area contributed by atoms with Gasteiger partial charge in [-0.15, -0.1) is 5.10 Å². The fourth-order valence-electron chi connectivity index (χ4n) is 2.25. The molecule has 0 N–H and O–H groups in total. The molecule has 25 heavy (non-hydrogen) atoms. The van der Waals surface area contributed by atoms with E-state index in [9.17, 15) is 10.1 Å². The Morgan fingerprint density at radius 2 is 2.00 bits per heavy atom. The average molecular weight is 357 g/mol. The number of nitro benzene ring substituents is 1. The number of non-ortho nitro benzene ring substituents is 1. The fourth-order valence-corrected chi connectivity index (χ4v) is 3.09. The Kier molecular flexibility index (Phi) is 4.94. The van der Waals surface area contributed by atoms with Gasteiger partial charge in [0.15, 0.2) is 0 Å². The molecule has 0 aliphatic rings. The van der Waals surface area contributed by atoms with Crippen LogP contribution in [0.3, 0.4) is 0 Å². The third kappa shape index (κ3) is 3.77. The zero-order valence-corrected chi connectivity index (χ0v) is 14.4. The van der Waals surface area contributed by atoms with Gasteiger partial charge in [0.25, 0.3) is 5.69 Å². The van der Waals surface area contributed by atoms with Crippen LogP contribution in [0.15, 0.2) is 47.6 Å². The Morgan fingerprint density at radius 3 is 2.68 bits per heavy atom. The quantitative estimate of drug-likeness (QED) is 0.380. The number of nitrogens with zero attached hydrogens (tertiary/aromatic N) is 5. The lowest BCUT2D eigenvalue weighted by Gasteiger charge is -2.10. The number of aromatic nitrogens is 4. The topological polar surface area (TPSA) is 96.0 Å². The molecule has 0 saturated heterocycles. The number of rotatable bonds is 6. The monoisotopic (exact) mass is 357 g/mol. The van der Waals surface area contributed by atoms with Crippen molar-refractivity contribution in [1.82, 2.24) is 20.2 Å². The van der Waals surface area contributed by atoms with Crippen molar-refractivity contribution in [2.24, 2.45) is 0 Å². The lowest BCUT2D eigenvalue weighted by Crippen LogP contribution is -2.02. The molecule has 1 heterocycles. The molecule has 3 rings (SSSR count). The number of tetrazole rings is 1. The Morgan fingerprint density at radius 1 is 1.24 bits per heavy atom. The summed E-state index contributed by atoms with van der Waals surface area (Å²) in [7, 11) is 1.60. The summed E-state index contributed by atoms with van der Waals surface area (Å²) in [5.74, 6) is 1.27. The summed E-state index contributed by atoms with van der Waals surface area (Å²) in [4.78, 5) is 10.3. The smallest absolute Gasteiger partial charge is 0.269 e. The summed E-state index contributed by atoms with van der Waals surface area (Å²) in [5.41, 5.74) is 2.85. The van der Waals surface area contributed by atoms with Gasteiger partial charge in [0.2, 0.25) is 5.16 Å². The average Bonchev–Trinajstić information content (AvgIpc) is 3.08. The number of thioether (sulfide) groups is 1. The molecular formula is C16H15N5O3S.